The molecule has 0 bridgehead atoms. The smallest absolute Gasteiger partial charge is 0.144 e. The Balaban J connectivity index is 2.22. The minimum absolute atomic E-state index is 0.335. The Morgan fingerprint density at radius 2 is 2.15 bits per heavy atom. The molecule has 20 heavy (non-hydrogen) atoms. The fraction of sp³-hybridized carbons (Fsp3) is 0.286. The highest BCUT2D eigenvalue weighted by Crippen LogP contribution is 2.25. The van der Waals surface area contributed by atoms with E-state index in [9.17, 15) is 0 Å². The van der Waals surface area contributed by atoms with Crippen LogP contribution in [0, 0.1) is 0 Å². The molecule has 0 aliphatic rings. The van der Waals surface area contributed by atoms with E-state index < -0.39 is 0 Å². The Kier molecular flexibility index (Phi) is 4.92. The van der Waals surface area contributed by atoms with Crippen LogP contribution in [0.15, 0.2) is 34.9 Å². The van der Waals surface area contributed by atoms with E-state index in [1.54, 1.807) is 13.3 Å². The molecule has 0 saturated heterocycles. The van der Waals surface area contributed by atoms with Gasteiger partial charge in [-0.25, -0.2) is 9.97 Å². The van der Waals surface area contributed by atoms with Crippen molar-refractivity contribution in [2.75, 3.05) is 19.1 Å². The summed E-state index contributed by atoms with van der Waals surface area (Å²) in [6.07, 6.45) is 1.72. The second kappa shape index (κ2) is 6.67. The molecule has 0 unspecified atom stereocenters. The Labute approximate surface area is 126 Å². The largest absolute Gasteiger partial charge is 0.496 e. The topological polar surface area (TPSA) is 64.3 Å². The highest BCUT2D eigenvalue weighted by molar-refractivity contribution is 9.10. The standard InChI is InChI=1S/C14H17BrN4O/c1-19(14-5-6-17-13(8-16)18-14)9-10-7-11(15)3-4-12(10)20-2/h3-7H,8-9,16H2,1-2H3. The third kappa shape index (κ3) is 3.46. The molecule has 106 valence electrons. The molecule has 0 aliphatic heterocycles. The second-order valence-corrected chi connectivity index (χ2v) is 5.26. The lowest BCUT2D eigenvalue weighted by Crippen LogP contribution is -2.19. The predicted octanol–water partition coefficient (Wildman–Crippen LogP) is 2.34. The van der Waals surface area contributed by atoms with Crippen LogP contribution < -0.4 is 15.4 Å². The molecular weight excluding hydrogens is 320 g/mol. The summed E-state index contributed by atoms with van der Waals surface area (Å²) >= 11 is 3.48. The van der Waals surface area contributed by atoms with E-state index >= 15 is 0 Å². The fourth-order valence-electron chi connectivity index (χ4n) is 1.91. The summed E-state index contributed by atoms with van der Waals surface area (Å²) < 4.78 is 6.40. The molecule has 0 amide bonds. The van der Waals surface area contributed by atoms with Gasteiger partial charge in [0.1, 0.15) is 17.4 Å². The van der Waals surface area contributed by atoms with Gasteiger partial charge >= 0.3 is 0 Å². The Morgan fingerprint density at radius 3 is 2.85 bits per heavy atom. The van der Waals surface area contributed by atoms with Crippen LogP contribution in [0.3, 0.4) is 0 Å². The molecule has 6 heteroatoms. The van der Waals surface area contributed by atoms with E-state index in [1.807, 2.05) is 36.2 Å². The number of nitrogens with zero attached hydrogens (tertiary/aromatic N) is 3. The van der Waals surface area contributed by atoms with Gasteiger partial charge in [-0.3, -0.25) is 0 Å². The van der Waals surface area contributed by atoms with Crippen molar-refractivity contribution in [2.45, 2.75) is 13.1 Å². The number of halogens is 1. The lowest BCUT2D eigenvalue weighted by molar-refractivity contribution is 0.409. The van der Waals surface area contributed by atoms with E-state index in [1.165, 1.54) is 0 Å². The lowest BCUT2D eigenvalue weighted by atomic mass is 10.2. The van der Waals surface area contributed by atoms with Gasteiger partial charge in [-0.2, -0.15) is 0 Å². The maximum Gasteiger partial charge on any atom is 0.144 e. The van der Waals surface area contributed by atoms with Gasteiger partial charge in [-0.15, -0.1) is 0 Å². The van der Waals surface area contributed by atoms with Gasteiger partial charge in [-0.05, 0) is 24.3 Å². The summed E-state index contributed by atoms with van der Waals surface area (Å²) in [5, 5.41) is 0. The number of ether oxygens (including phenoxy) is 1. The van der Waals surface area contributed by atoms with E-state index in [-0.39, 0.29) is 0 Å². The molecule has 0 saturated carbocycles. The number of rotatable bonds is 5. The molecule has 2 rings (SSSR count). The van der Waals surface area contributed by atoms with Crippen LogP contribution in [-0.4, -0.2) is 24.1 Å². The predicted molar refractivity (Wildman–Crippen MR) is 82.7 cm³/mol. The zero-order valence-electron chi connectivity index (χ0n) is 11.5. The van der Waals surface area contributed by atoms with Crippen LogP contribution in [0.5, 0.6) is 5.75 Å². The number of aromatic nitrogens is 2. The third-order valence-electron chi connectivity index (χ3n) is 2.91. The zero-order valence-corrected chi connectivity index (χ0v) is 13.1. The second-order valence-electron chi connectivity index (χ2n) is 4.35. The average molecular weight is 337 g/mol. The summed E-state index contributed by atoms with van der Waals surface area (Å²) in [5.41, 5.74) is 6.65. The van der Waals surface area contributed by atoms with Crippen molar-refractivity contribution >= 4 is 21.7 Å². The van der Waals surface area contributed by atoms with E-state index in [0.29, 0.717) is 18.9 Å². The molecule has 0 atom stereocenters. The van der Waals surface area contributed by atoms with Crippen molar-refractivity contribution in [3.8, 4) is 5.75 Å². The minimum atomic E-state index is 0.335. The number of hydrogen-bond donors (Lipinski definition) is 1. The Bertz CT molecular complexity index is 591. The van der Waals surface area contributed by atoms with Crippen LogP contribution in [0.4, 0.5) is 5.82 Å². The first-order valence-corrected chi connectivity index (χ1v) is 6.99. The van der Waals surface area contributed by atoms with Crippen molar-refractivity contribution in [2.24, 2.45) is 5.73 Å². The quantitative estimate of drug-likeness (QED) is 0.907. The molecule has 0 fully saturated rings. The number of benzene rings is 1. The van der Waals surface area contributed by atoms with Gasteiger partial charge < -0.3 is 15.4 Å². The molecule has 5 nitrogen and oxygen atoms in total. The maximum atomic E-state index is 5.57. The molecule has 1 aromatic heterocycles. The average Bonchev–Trinajstić information content (AvgIpc) is 2.47. The summed E-state index contributed by atoms with van der Waals surface area (Å²) in [4.78, 5) is 10.5. The SMILES string of the molecule is COc1ccc(Br)cc1CN(C)c1ccnc(CN)n1. The van der Waals surface area contributed by atoms with Crippen LogP contribution in [0.1, 0.15) is 11.4 Å². The third-order valence-corrected chi connectivity index (χ3v) is 3.41. The molecule has 0 aliphatic carbocycles. The highest BCUT2D eigenvalue weighted by atomic mass is 79.9. The minimum Gasteiger partial charge on any atom is -0.496 e. The lowest BCUT2D eigenvalue weighted by Gasteiger charge is -2.20. The van der Waals surface area contributed by atoms with Crippen LogP contribution in [0.25, 0.3) is 0 Å². The normalized spacial score (nSPS) is 10.4. The van der Waals surface area contributed by atoms with Crippen molar-refractivity contribution in [1.82, 2.24) is 9.97 Å². The van der Waals surface area contributed by atoms with E-state index in [0.717, 1.165) is 21.6 Å². The molecular formula is C14H17BrN4O. The molecule has 2 N–H and O–H groups in total. The Hall–Kier alpha value is -1.66. The van der Waals surface area contributed by atoms with Crippen molar-refractivity contribution in [1.29, 1.82) is 0 Å². The van der Waals surface area contributed by atoms with Gasteiger partial charge in [-0.1, -0.05) is 15.9 Å². The van der Waals surface area contributed by atoms with Crippen molar-refractivity contribution in [3.05, 3.63) is 46.3 Å². The first-order chi connectivity index (χ1) is 9.63. The van der Waals surface area contributed by atoms with Gasteiger partial charge in [0.25, 0.3) is 0 Å². The van der Waals surface area contributed by atoms with Crippen LogP contribution >= 0.6 is 15.9 Å². The number of methoxy groups -OCH3 is 1. The van der Waals surface area contributed by atoms with Crippen molar-refractivity contribution < 1.29 is 4.74 Å². The van der Waals surface area contributed by atoms with Gasteiger partial charge in [0.15, 0.2) is 0 Å². The maximum absolute atomic E-state index is 5.57. The Morgan fingerprint density at radius 1 is 1.35 bits per heavy atom. The van der Waals surface area contributed by atoms with E-state index in [4.69, 9.17) is 10.5 Å². The fourth-order valence-corrected chi connectivity index (χ4v) is 2.32. The van der Waals surface area contributed by atoms with Crippen LogP contribution in [0.2, 0.25) is 0 Å². The summed E-state index contributed by atoms with van der Waals surface area (Å²) in [6, 6.07) is 7.81. The summed E-state index contributed by atoms with van der Waals surface area (Å²) in [5.74, 6) is 2.33. The van der Waals surface area contributed by atoms with E-state index in [2.05, 4.69) is 25.9 Å². The molecule has 2 aromatic rings. The zero-order chi connectivity index (χ0) is 14.5. The van der Waals surface area contributed by atoms with Crippen LogP contribution in [-0.2, 0) is 13.1 Å². The molecule has 0 radical (unpaired) electrons. The number of anilines is 1. The monoisotopic (exact) mass is 336 g/mol. The molecule has 0 spiro atoms. The number of nitrogens with two attached hydrogens (primary N) is 1. The summed E-state index contributed by atoms with van der Waals surface area (Å²) in [7, 11) is 3.65. The highest BCUT2D eigenvalue weighted by Gasteiger charge is 2.09. The van der Waals surface area contributed by atoms with Gasteiger partial charge in [0, 0.05) is 29.8 Å². The molecule has 1 heterocycles. The van der Waals surface area contributed by atoms with Gasteiger partial charge in [0.2, 0.25) is 0 Å². The first-order valence-electron chi connectivity index (χ1n) is 6.19. The molecule has 1 aromatic carbocycles. The van der Waals surface area contributed by atoms with Crippen molar-refractivity contribution in [3.63, 3.8) is 0 Å². The summed E-state index contributed by atoms with van der Waals surface area (Å²) in [6.45, 7) is 1.02. The number of hydrogen-bond acceptors (Lipinski definition) is 5. The van der Waals surface area contributed by atoms with Gasteiger partial charge in [0.05, 0.1) is 13.7 Å². The first kappa shape index (κ1) is 14.7.